The summed E-state index contributed by atoms with van der Waals surface area (Å²) in [6.45, 7) is 4.47. The SMILES string of the molecule is C[SiH2]C1CCOCC1. The zero-order valence-electron chi connectivity index (χ0n) is 5.52. The topological polar surface area (TPSA) is 9.23 Å². The molecule has 8 heavy (non-hydrogen) atoms. The lowest BCUT2D eigenvalue weighted by molar-refractivity contribution is 0.0969. The Hall–Kier alpha value is 0.177. The van der Waals surface area contributed by atoms with Crippen LogP contribution in [0.4, 0.5) is 0 Å². The average Bonchev–Trinajstić information content (AvgIpc) is 1.90. The highest BCUT2D eigenvalue weighted by atomic mass is 28.2. The van der Waals surface area contributed by atoms with Crippen molar-refractivity contribution in [3.63, 3.8) is 0 Å². The normalized spacial score (nSPS) is 25.1. The summed E-state index contributed by atoms with van der Waals surface area (Å²) < 4.78 is 5.22. The van der Waals surface area contributed by atoms with Gasteiger partial charge in [-0.2, -0.15) is 0 Å². The lowest BCUT2D eigenvalue weighted by Crippen LogP contribution is -2.14. The fourth-order valence-electron chi connectivity index (χ4n) is 1.15. The molecule has 1 aliphatic rings. The van der Waals surface area contributed by atoms with Crippen LogP contribution >= 0.6 is 0 Å². The fourth-order valence-corrected chi connectivity index (χ4v) is 2.30. The maximum absolute atomic E-state index is 5.22. The number of hydrogen-bond acceptors (Lipinski definition) is 1. The molecule has 0 unspecified atom stereocenters. The van der Waals surface area contributed by atoms with Crippen molar-refractivity contribution in [2.75, 3.05) is 13.2 Å². The maximum atomic E-state index is 5.22. The Balaban J connectivity index is 2.13. The number of ether oxygens (including phenoxy) is 1. The van der Waals surface area contributed by atoms with Crippen LogP contribution in [0.1, 0.15) is 12.8 Å². The molecule has 0 atom stereocenters. The molecule has 0 N–H and O–H groups in total. The summed E-state index contributed by atoms with van der Waals surface area (Å²) in [5.74, 6) is 0. The molecule has 1 saturated heterocycles. The van der Waals surface area contributed by atoms with Crippen molar-refractivity contribution in [1.82, 2.24) is 0 Å². The van der Waals surface area contributed by atoms with Crippen LogP contribution in [0.2, 0.25) is 12.1 Å². The molecule has 0 radical (unpaired) electrons. The molecule has 1 heterocycles. The highest BCUT2D eigenvalue weighted by Crippen LogP contribution is 2.18. The molecule has 0 aromatic rings. The van der Waals surface area contributed by atoms with Crippen LogP contribution in [0.3, 0.4) is 0 Å². The first kappa shape index (κ1) is 6.30. The van der Waals surface area contributed by atoms with E-state index in [0.29, 0.717) is 0 Å². The van der Waals surface area contributed by atoms with Gasteiger partial charge >= 0.3 is 0 Å². The first-order valence-electron chi connectivity index (χ1n) is 3.51. The minimum Gasteiger partial charge on any atom is -0.381 e. The summed E-state index contributed by atoms with van der Waals surface area (Å²) >= 11 is 0. The zero-order chi connectivity index (χ0) is 5.82. The van der Waals surface area contributed by atoms with Gasteiger partial charge in [0, 0.05) is 22.7 Å². The van der Waals surface area contributed by atoms with Gasteiger partial charge in [0.1, 0.15) is 0 Å². The van der Waals surface area contributed by atoms with Gasteiger partial charge in [-0.15, -0.1) is 0 Å². The van der Waals surface area contributed by atoms with Crippen LogP contribution < -0.4 is 0 Å². The second kappa shape index (κ2) is 3.25. The molecule has 0 aliphatic carbocycles. The Morgan fingerprint density at radius 2 is 2.00 bits per heavy atom. The van der Waals surface area contributed by atoms with E-state index in [1.165, 1.54) is 12.8 Å². The fraction of sp³-hybridized carbons (Fsp3) is 1.00. The van der Waals surface area contributed by atoms with E-state index in [1.54, 1.807) is 0 Å². The molecule has 1 rings (SSSR count). The molecule has 1 aliphatic heterocycles. The third-order valence-electron chi connectivity index (χ3n) is 1.92. The molecule has 2 heteroatoms. The molecule has 0 bridgehead atoms. The first-order valence-corrected chi connectivity index (χ1v) is 5.74. The predicted octanol–water partition coefficient (Wildman–Crippen LogP) is 0.802. The van der Waals surface area contributed by atoms with Crippen LogP contribution in [0.5, 0.6) is 0 Å². The van der Waals surface area contributed by atoms with Gasteiger partial charge < -0.3 is 4.74 Å². The van der Waals surface area contributed by atoms with Gasteiger partial charge in [-0.3, -0.25) is 0 Å². The lowest BCUT2D eigenvalue weighted by atomic mass is 10.2. The summed E-state index contributed by atoms with van der Waals surface area (Å²) in [5, 5.41) is 0. The van der Waals surface area contributed by atoms with E-state index >= 15 is 0 Å². The minimum absolute atomic E-state index is 0.288. The van der Waals surface area contributed by atoms with E-state index in [-0.39, 0.29) is 9.52 Å². The van der Waals surface area contributed by atoms with E-state index in [4.69, 9.17) is 4.74 Å². The maximum Gasteiger partial charge on any atom is 0.0465 e. The van der Waals surface area contributed by atoms with Crippen molar-refractivity contribution in [3.05, 3.63) is 0 Å². The second-order valence-electron chi connectivity index (χ2n) is 2.46. The van der Waals surface area contributed by atoms with Crippen LogP contribution in [-0.4, -0.2) is 22.7 Å². The van der Waals surface area contributed by atoms with E-state index in [1.807, 2.05) is 0 Å². The highest BCUT2D eigenvalue weighted by Gasteiger charge is 2.10. The average molecular weight is 130 g/mol. The van der Waals surface area contributed by atoms with Crippen molar-refractivity contribution in [1.29, 1.82) is 0 Å². The molecular weight excluding hydrogens is 116 g/mol. The molecule has 1 fully saturated rings. The molecule has 0 saturated carbocycles. The third-order valence-corrected chi connectivity index (χ3v) is 3.89. The van der Waals surface area contributed by atoms with Gasteiger partial charge in [0.15, 0.2) is 0 Å². The summed E-state index contributed by atoms with van der Waals surface area (Å²) in [7, 11) is 0.288. The molecule has 48 valence electrons. The van der Waals surface area contributed by atoms with E-state index in [0.717, 1.165) is 18.8 Å². The van der Waals surface area contributed by atoms with E-state index in [2.05, 4.69) is 6.55 Å². The predicted molar refractivity (Wildman–Crippen MR) is 38.2 cm³/mol. The molecule has 1 nitrogen and oxygen atoms in total. The smallest absolute Gasteiger partial charge is 0.0465 e. The largest absolute Gasteiger partial charge is 0.381 e. The zero-order valence-corrected chi connectivity index (χ0v) is 6.94. The van der Waals surface area contributed by atoms with Gasteiger partial charge in [0.25, 0.3) is 0 Å². The van der Waals surface area contributed by atoms with Crippen LogP contribution in [0.15, 0.2) is 0 Å². The van der Waals surface area contributed by atoms with E-state index < -0.39 is 0 Å². The Kier molecular flexibility index (Phi) is 2.56. The van der Waals surface area contributed by atoms with Gasteiger partial charge in [-0.25, -0.2) is 0 Å². The minimum atomic E-state index is 0.288. The van der Waals surface area contributed by atoms with Crippen LogP contribution in [0.25, 0.3) is 0 Å². The quantitative estimate of drug-likeness (QED) is 0.477. The standard InChI is InChI=1S/C6H14OSi/c1-8-6-2-4-7-5-3-6/h6H,2-5,8H2,1H3. The molecular formula is C6H14OSi. The van der Waals surface area contributed by atoms with Gasteiger partial charge in [0.05, 0.1) is 0 Å². The highest BCUT2D eigenvalue weighted by molar-refractivity contribution is 6.35. The Morgan fingerprint density at radius 3 is 2.38 bits per heavy atom. The Morgan fingerprint density at radius 1 is 1.38 bits per heavy atom. The van der Waals surface area contributed by atoms with E-state index in [9.17, 15) is 0 Å². The summed E-state index contributed by atoms with van der Waals surface area (Å²) in [6, 6.07) is 0. The van der Waals surface area contributed by atoms with Crippen molar-refractivity contribution in [2.45, 2.75) is 24.9 Å². The summed E-state index contributed by atoms with van der Waals surface area (Å²) in [6.07, 6.45) is 2.70. The monoisotopic (exact) mass is 130 g/mol. The Bertz CT molecular complexity index is 59.5. The van der Waals surface area contributed by atoms with Crippen LogP contribution in [0, 0.1) is 0 Å². The molecule has 0 aromatic carbocycles. The number of hydrogen-bond donors (Lipinski definition) is 0. The number of rotatable bonds is 1. The second-order valence-corrected chi connectivity index (χ2v) is 4.44. The third kappa shape index (κ3) is 1.60. The summed E-state index contributed by atoms with van der Waals surface area (Å²) in [4.78, 5) is 0. The van der Waals surface area contributed by atoms with Gasteiger partial charge in [-0.05, 0) is 18.4 Å². The van der Waals surface area contributed by atoms with Crippen molar-refractivity contribution < 1.29 is 4.74 Å². The molecule has 0 amide bonds. The molecule has 0 spiro atoms. The first-order chi connectivity index (χ1) is 3.93. The van der Waals surface area contributed by atoms with Gasteiger partial charge in [-0.1, -0.05) is 6.55 Å². The van der Waals surface area contributed by atoms with Crippen LogP contribution in [-0.2, 0) is 4.74 Å². The van der Waals surface area contributed by atoms with Crippen molar-refractivity contribution in [2.24, 2.45) is 0 Å². The van der Waals surface area contributed by atoms with Gasteiger partial charge in [0.2, 0.25) is 0 Å². The molecule has 0 aromatic heterocycles. The summed E-state index contributed by atoms with van der Waals surface area (Å²) in [5.41, 5.74) is 1.10. The van der Waals surface area contributed by atoms with Crippen molar-refractivity contribution >= 4 is 9.52 Å². The van der Waals surface area contributed by atoms with Crippen molar-refractivity contribution in [3.8, 4) is 0 Å². The lowest BCUT2D eigenvalue weighted by Gasteiger charge is -2.19. The Labute approximate surface area is 53.2 Å².